The fourth-order valence-corrected chi connectivity index (χ4v) is 4.93. The van der Waals surface area contributed by atoms with E-state index in [1.54, 1.807) is 55.7 Å². The number of anilines is 2. The number of esters is 1. The molecule has 3 amide bonds. The number of carbonyl (C=O) groups excluding carboxylic acids is 5. The van der Waals surface area contributed by atoms with Gasteiger partial charge in [-0.05, 0) is 68.8 Å². The van der Waals surface area contributed by atoms with Crippen molar-refractivity contribution in [3.05, 3.63) is 76.3 Å². The molecule has 3 aromatic carbocycles. The van der Waals surface area contributed by atoms with Crippen LogP contribution in [0.3, 0.4) is 0 Å². The van der Waals surface area contributed by atoms with Crippen LogP contribution in [-0.2, 0) is 32.0 Å². The van der Waals surface area contributed by atoms with Crippen LogP contribution in [0.1, 0.15) is 90.7 Å². The number of cyclic esters (lactones) is 1. The summed E-state index contributed by atoms with van der Waals surface area (Å²) in [4.78, 5) is 67.1. The first-order valence-electron chi connectivity index (χ1n) is 15.8. The largest absolute Gasteiger partial charge is 0.492 e. The Morgan fingerprint density at radius 3 is 2.12 bits per heavy atom. The highest BCUT2D eigenvalue weighted by Gasteiger charge is 2.33. The van der Waals surface area contributed by atoms with Crippen molar-refractivity contribution in [3.8, 4) is 17.2 Å². The number of ether oxygens (including phenoxy) is 4. The molecule has 51 heavy (non-hydrogen) atoms. The second-order valence-electron chi connectivity index (χ2n) is 12.2. The van der Waals surface area contributed by atoms with Gasteiger partial charge in [0.05, 0.1) is 18.3 Å². The lowest BCUT2D eigenvalue weighted by Crippen LogP contribution is -2.38. The molecule has 0 atom stereocenters. The maximum Gasteiger partial charge on any atom is 0.345 e. The number of amides is 3. The topological polar surface area (TPSA) is 216 Å². The Kier molecular flexibility index (Phi) is 13.2. The highest BCUT2D eigenvalue weighted by molar-refractivity contribution is 5.99. The molecule has 2 heterocycles. The van der Waals surface area contributed by atoms with Gasteiger partial charge in [-0.25, -0.2) is 15.1 Å². The van der Waals surface area contributed by atoms with E-state index < -0.39 is 23.6 Å². The van der Waals surface area contributed by atoms with Crippen molar-refractivity contribution in [2.45, 2.75) is 73.2 Å². The molecule has 0 fully saturated rings. The van der Waals surface area contributed by atoms with Gasteiger partial charge in [-0.3, -0.25) is 24.4 Å². The number of hydrogen-bond donors (Lipinski definition) is 5. The van der Waals surface area contributed by atoms with Crippen LogP contribution in [0.5, 0.6) is 17.2 Å². The zero-order chi connectivity index (χ0) is 38.0. The summed E-state index contributed by atoms with van der Waals surface area (Å²) < 4.78 is 21.3. The maximum absolute atomic E-state index is 11.8. The second kappa shape index (κ2) is 17.1. The summed E-state index contributed by atoms with van der Waals surface area (Å²) in [7, 11) is 0. The molecule has 0 aromatic heterocycles. The quantitative estimate of drug-likeness (QED) is 0.120. The summed E-state index contributed by atoms with van der Waals surface area (Å²) in [6, 6.07) is 12.9. The van der Waals surface area contributed by atoms with Gasteiger partial charge in [-0.1, -0.05) is 6.07 Å². The Morgan fingerprint density at radius 2 is 1.53 bits per heavy atom. The van der Waals surface area contributed by atoms with E-state index in [1.165, 1.54) is 32.9 Å². The predicted octanol–water partition coefficient (Wildman–Crippen LogP) is 4.93. The monoisotopic (exact) mass is 707 g/mol. The van der Waals surface area contributed by atoms with Gasteiger partial charge in [0.2, 0.25) is 17.6 Å². The molecule has 0 radical (unpaired) electrons. The molecule has 0 aliphatic carbocycles. The third kappa shape index (κ3) is 11.6. The number of fused-ring (bicyclic) bond motifs is 2. The number of nitrogens with one attached hydrogen (secondary N) is 3. The molecule has 2 aliphatic heterocycles. The molecule has 5 N–H and O–H groups in total. The van der Waals surface area contributed by atoms with Crippen LogP contribution >= 0.6 is 0 Å². The van der Waals surface area contributed by atoms with Crippen molar-refractivity contribution >= 4 is 46.8 Å². The van der Waals surface area contributed by atoms with Crippen molar-refractivity contribution < 1.29 is 58.0 Å². The van der Waals surface area contributed by atoms with Crippen molar-refractivity contribution in [2.24, 2.45) is 0 Å². The summed E-state index contributed by atoms with van der Waals surface area (Å²) >= 11 is 0. The lowest BCUT2D eigenvalue weighted by molar-refractivity contribution is -0.127. The number of Topliss-reactive ketones (excluding diaryl/α,β-unsaturated/α-hetero) is 1. The van der Waals surface area contributed by atoms with E-state index in [1.807, 2.05) is 13.8 Å². The number of benzene rings is 3. The Bertz CT molecular complexity index is 1830. The molecule has 0 bridgehead atoms. The molecule has 0 spiro atoms. The number of aromatic carboxylic acids is 1. The number of carboxylic acid groups (broad SMARTS) is 1. The molecule has 2 aliphatic rings. The van der Waals surface area contributed by atoms with E-state index in [0.717, 1.165) is 11.1 Å². The molecule has 3 aromatic rings. The summed E-state index contributed by atoms with van der Waals surface area (Å²) in [5.41, 5.74) is 4.73. The van der Waals surface area contributed by atoms with Crippen LogP contribution < -0.4 is 30.3 Å². The van der Waals surface area contributed by atoms with Crippen molar-refractivity contribution in [1.29, 1.82) is 0 Å². The number of carboxylic acids is 1. The Morgan fingerprint density at radius 1 is 0.882 bits per heavy atom. The molecule has 272 valence electrons. The van der Waals surface area contributed by atoms with Gasteiger partial charge in [0.15, 0.2) is 0 Å². The second-order valence-corrected chi connectivity index (χ2v) is 12.2. The minimum absolute atomic E-state index is 0.0513. The first-order chi connectivity index (χ1) is 23.9. The van der Waals surface area contributed by atoms with Gasteiger partial charge in [0, 0.05) is 57.5 Å². The highest BCUT2D eigenvalue weighted by Crippen LogP contribution is 2.33. The summed E-state index contributed by atoms with van der Waals surface area (Å²) in [5.74, 6) is -2.27. The summed E-state index contributed by atoms with van der Waals surface area (Å²) in [5, 5.41) is 22.8. The average molecular weight is 708 g/mol. The van der Waals surface area contributed by atoms with Crippen molar-refractivity contribution in [3.63, 3.8) is 0 Å². The average Bonchev–Trinajstić information content (AvgIpc) is 3.49. The third-order valence-corrected chi connectivity index (χ3v) is 6.75. The molecule has 15 heteroatoms. The number of hydroxylamine groups is 1. The molecular formula is C36H41N3O12. The van der Waals surface area contributed by atoms with Crippen LogP contribution in [0.25, 0.3) is 0 Å². The summed E-state index contributed by atoms with van der Waals surface area (Å²) in [6.07, 6.45) is 0.870. The number of rotatable bonds is 8. The Balaban J connectivity index is 0.000000207. The zero-order valence-corrected chi connectivity index (χ0v) is 29.3. The molecule has 15 nitrogen and oxygen atoms in total. The minimum atomic E-state index is -1.05. The van der Waals surface area contributed by atoms with Gasteiger partial charge in [-0.2, -0.15) is 0 Å². The zero-order valence-electron chi connectivity index (χ0n) is 29.3. The van der Waals surface area contributed by atoms with E-state index in [2.05, 4.69) is 10.6 Å². The van der Waals surface area contributed by atoms with E-state index >= 15 is 0 Å². The predicted molar refractivity (Wildman–Crippen MR) is 184 cm³/mol. The fraction of sp³-hybridized carbons (Fsp3) is 0.333. The molecule has 0 saturated carbocycles. The molecule has 0 saturated heterocycles. The Labute approximate surface area is 294 Å². The first-order valence-corrected chi connectivity index (χ1v) is 15.8. The third-order valence-electron chi connectivity index (χ3n) is 6.75. The van der Waals surface area contributed by atoms with E-state index in [-0.39, 0.29) is 34.8 Å². The number of ketones is 1. The van der Waals surface area contributed by atoms with Gasteiger partial charge in [-0.15, -0.1) is 0 Å². The van der Waals surface area contributed by atoms with Gasteiger partial charge < -0.3 is 34.7 Å². The van der Waals surface area contributed by atoms with Gasteiger partial charge in [0.1, 0.15) is 34.2 Å². The molecule has 5 rings (SSSR count). The van der Waals surface area contributed by atoms with Crippen LogP contribution in [0.15, 0.2) is 48.5 Å². The fourth-order valence-electron chi connectivity index (χ4n) is 4.93. The number of carbonyl (C=O) groups is 6. The minimum Gasteiger partial charge on any atom is -0.492 e. The van der Waals surface area contributed by atoms with Crippen molar-refractivity contribution in [2.75, 3.05) is 17.2 Å². The standard InChI is InChI=1S/C13H14O4.C12H16N2O4.C11H11NO4/c1-8(14)6-9-4-5-11-10(7-9)12(15)17-13(2,3)16-11;1-7(2)18-11-5-4-9(13-8(3)15)6-10(11)12(16)14-17;1-6(13)12-8-4-7-2-3-16-10(7)9(5-8)11(14)15/h4-5,7H,6H2,1-3H3;4-7,17H,1-3H3,(H,13,15)(H,14,16);4-5H,2-3H2,1H3,(H,12,13)(H,14,15). The normalized spacial score (nSPS) is 13.2. The van der Waals surface area contributed by atoms with E-state index in [0.29, 0.717) is 53.6 Å². The van der Waals surface area contributed by atoms with Crippen LogP contribution in [0.2, 0.25) is 0 Å². The smallest absolute Gasteiger partial charge is 0.345 e. The van der Waals surface area contributed by atoms with Gasteiger partial charge in [0.25, 0.3) is 5.91 Å². The van der Waals surface area contributed by atoms with E-state index in [9.17, 15) is 28.8 Å². The van der Waals surface area contributed by atoms with Gasteiger partial charge >= 0.3 is 11.9 Å². The Hall–Kier alpha value is -5.96. The molecular weight excluding hydrogens is 666 g/mol. The van der Waals surface area contributed by atoms with Crippen LogP contribution in [-0.4, -0.2) is 64.3 Å². The lowest BCUT2D eigenvalue weighted by atomic mass is 10.0. The van der Waals surface area contributed by atoms with Crippen LogP contribution in [0.4, 0.5) is 11.4 Å². The van der Waals surface area contributed by atoms with E-state index in [4.69, 9.17) is 29.3 Å². The molecule has 0 unspecified atom stereocenters. The highest BCUT2D eigenvalue weighted by atomic mass is 16.7. The lowest BCUT2D eigenvalue weighted by Gasteiger charge is -2.31. The maximum atomic E-state index is 11.8. The van der Waals surface area contributed by atoms with Crippen molar-refractivity contribution in [1.82, 2.24) is 5.48 Å². The first kappa shape index (κ1) is 39.5. The summed E-state index contributed by atoms with van der Waals surface area (Å²) in [6.45, 7) is 11.7. The SMILES string of the molecule is CC(=O)Cc1ccc2c(c1)C(=O)OC(C)(C)O2.CC(=O)Nc1cc2c(c(C(=O)O)c1)OCC2.CC(=O)Nc1ccc(OC(C)C)c(C(=O)NO)c1. The van der Waals surface area contributed by atoms with Crippen LogP contribution in [0, 0.1) is 0 Å². The number of hydrogen-bond acceptors (Lipinski definition) is 11.